The summed E-state index contributed by atoms with van der Waals surface area (Å²) in [5, 5.41) is 9.12. The second kappa shape index (κ2) is 4.23. The molecule has 0 bridgehead atoms. The lowest BCUT2D eigenvalue weighted by Gasteiger charge is -2.16. The van der Waals surface area contributed by atoms with Crippen molar-refractivity contribution in [3.63, 3.8) is 0 Å². The number of rotatable bonds is 3. The zero-order valence-electron chi connectivity index (χ0n) is 7.30. The Labute approximate surface area is 88.9 Å². The molecule has 0 aliphatic heterocycles. The average molecular weight is 266 g/mol. The second-order valence-corrected chi connectivity index (χ2v) is 3.76. The van der Waals surface area contributed by atoms with Gasteiger partial charge in [0.05, 0.1) is 4.47 Å². The Hall–Kier alpha value is -0.680. The van der Waals surface area contributed by atoms with Crippen molar-refractivity contribution in [1.82, 2.24) is 0 Å². The number of alkyl halides is 2. The molecule has 0 aliphatic rings. The Morgan fingerprint density at radius 3 is 2.57 bits per heavy atom. The molecule has 0 atom stereocenters. The lowest BCUT2D eigenvalue weighted by Crippen LogP contribution is -2.18. The van der Waals surface area contributed by atoms with E-state index in [9.17, 15) is 8.78 Å². The van der Waals surface area contributed by atoms with E-state index in [0.717, 1.165) is 0 Å². The first-order valence-electron chi connectivity index (χ1n) is 4.04. The number of nitrogens with two attached hydrogens (primary N) is 1. The first-order chi connectivity index (χ1) is 6.47. The van der Waals surface area contributed by atoms with Crippen LogP contribution in [0.2, 0.25) is 0 Å². The largest absolute Gasteiger partial charge is 0.507 e. The van der Waals surface area contributed by atoms with Crippen molar-refractivity contribution in [2.75, 3.05) is 6.54 Å². The smallest absolute Gasteiger partial charge is 0.274 e. The van der Waals surface area contributed by atoms with Crippen molar-refractivity contribution in [2.45, 2.75) is 12.3 Å². The van der Waals surface area contributed by atoms with Crippen LogP contribution in [0.3, 0.4) is 0 Å². The van der Waals surface area contributed by atoms with Crippen LogP contribution in [0.15, 0.2) is 22.7 Å². The molecule has 1 rings (SSSR count). The van der Waals surface area contributed by atoms with Crippen molar-refractivity contribution in [3.05, 3.63) is 28.2 Å². The van der Waals surface area contributed by atoms with E-state index < -0.39 is 12.3 Å². The summed E-state index contributed by atoms with van der Waals surface area (Å²) in [6.07, 6.45) is -0.399. The van der Waals surface area contributed by atoms with Crippen molar-refractivity contribution >= 4 is 15.9 Å². The molecule has 0 fully saturated rings. The fraction of sp³-hybridized carbons (Fsp3) is 0.333. The molecule has 0 saturated carbocycles. The van der Waals surface area contributed by atoms with Gasteiger partial charge in [0.1, 0.15) is 5.75 Å². The molecule has 0 aliphatic carbocycles. The first kappa shape index (κ1) is 11.4. The quantitative estimate of drug-likeness (QED) is 0.883. The zero-order chi connectivity index (χ0) is 10.8. The molecule has 14 heavy (non-hydrogen) atoms. The molecule has 0 unspecified atom stereocenters. The summed E-state index contributed by atoms with van der Waals surface area (Å²) >= 11 is 2.98. The minimum atomic E-state index is -2.94. The molecule has 0 heterocycles. The number of phenols is 1. The van der Waals surface area contributed by atoms with Crippen LogP contribution in [0.4, 0.5) is 8.78 Å². The predicted octanol–water partition coefficient (Wildman–Crippen LogP) is 2.60. The van der Waals surface area contributed by atoms with Crippen molar-refractivity contribution in [3.8, 4) is 5.75 Å². The van der Waals surface area contributed by atoms with Gasteiger partial charge in [-0.3, -0.25) is 0 Å². The van der Waals surface area contributed by atoms with Crippen molar-refractivity contribution < 1.29 is 13.9 Å². The number of halogens is 3. The Balaban J connectivity index is 3.01. The maximum Gasteiger partial charge on any atom is 0.274 e. The number of hydrogen-bond acceptors (Lipinski definition) is 2. The van der Waals surface area contributed by atoms with Crippen LogP contribution in [0, 0.1) is 0 Å². The van der Waals surface area contributed by atoms with Gasteiger partial charge >= 0.3 is 0 Å². The summed E-state index contributed by atoms with van der Waals surface area (Å²) in [6.45, 7) is -0.0779. The van der Waals surface area contributed by atoms with Crippen LogP contribution in [0.1, 0.15) is 12.0 Å². The maximum absolute atomic E-state index is 13.3. The molecule has 0 radical (unpaired) electrons. The SMILES string of the molecule is NCCC(F)(F)c1ccc(O)c(Br)c1. The average Bonchev–Trinajstić information content (AvgIpc) is 2.09. The van der Waals surface area contributed by atoms with Gasteiger partial charge in [-0.15, -0.1) is 0 Å². The highest BCUT2D eigenvalue weighted by Crippen LogP contribution is 2.35. The van der Waals surface area contributed by atoms with Crippen LogP contribution in [0.5, 0.6) is 5.75 Å². The second-order valence-electron chi connectivity index (χ2n) is 2.91. The third kappa shape index (κ3) is 2.42. The molecule has 1 aromatic rings. The summed E-state index contributed by atoms with van der Waals surface area (Å²) in [5.41, 5.74) is 4.93. The molecule has 0 amide bonds. The predicted molar refractivity (Wildman–Crippen MR) is 53.4 cm³/mol. The molecule has 0 aromatic heterocycles. The van der Waals surface area contributed by atoms with Crippen molar-refractivity contribution in [2.24, 2.45) is 5.73 Å². The number of aromatic hydroxyl groups is 1. The summed E-state index contributed by atoms with van der Waals surface area (Å²) in [4.78, 5) is 0. The van der Waals surface area contributed by atoms with Gasteiger partial charge in [0.15, 0.2) is 0 Å². The van der Waals surface area contributed by atoms with Crippen LogP contribution in [-0.2, 0) is 5.92 Å². The molecule has 5 heteroatoms. The molecule has 0 spiro atoms. The van der Waals surface area contributed by atoms with E-state index in [-0.39, 0.29) is 22.3 Å². The number of phenolic OH excluding ortho intramolecular Hbond substituents is 1. The Kier molecular flexibility index (Phi) is 3.44. The topological polar surface area (TPSA) is 46.2 Å². The van der Waals surface area contributed by atoms with E-state index in [2.05, 4.69) is 15.9 Å². The molecule has 0 saturated heterocycles. The Bertz CT molecular complexity index is 331. The summed E-state index contributed by atoms with van der Waals surface area (Å²) < 4.78 is 26.8. The Morgan fingerprint density at radius 2 is 2.07 bits per heavy atom. The van der Waals surface area contributed by atoms with E-state index in [1.165, 1.54) is 18.2 Å². The molecule has 1 aromatic carbocycles. The van der Waals surface area contributed by atoms with Crippen LogP contribution < -0.4 is 5.73 Å². The van der Waals surface area contributed by atoms with E-state index in [4.69, 9.17) is 10.8 Å². The molecule has 2 nitrogen and oxygen atoms in total. The molecular weight excluding hydrogens is 256 g/mol. The van der Waals surface area contributed by atoms with Gasteiger partial charge in [-0.05, 0) is 40.7 Å². The molecular formula is C9H10BrF2NO. The summed E-state index contributed by atoms with van der Waals surface area (Å²) in [6, 6.07) is 3.62. The summed E-state index contributed by atoms with van der Waals surface area (Å²) in [7, 11) is 0. The monoisotopic (exact) mass is 265 g/mol. The first-order valence-corrected chi connectivity index (χ1v) is 4.83. The highest BCUT2D eigenvalue weighted by molar-refractivity contribution is 9.10. The third-order valence-electron chi connectivity index (χ3n) is 1.83. The lowest BCUT2D eigenvalue weighted by atomic mass is 10.1. The maximum atomic E-state index is 13.3. The summed E-state index contributed by atoms with van der Waals surface area (Å²) in [5.74, 6) is -3.00. The van der Waals surface area contributed by atoms with Gasteiger partial charge in [-0.2, -0.15) is 0 Å². The van der Waals surface area contributed by atoms with Crippen LogP contribution >= 0.6 is 15.9 Å². The zero-order valence-corrected chi connectivity index (χ0v) is 8.89. The van der Waals surface area contributed by atoms with Crippen molar-refractivity contribution in [1.29, 1.82) is 0 Å². The highest BCUT2D eigenvalue weighted by atomic mass is 79.9. The highest BCUT2D eigenvalue weighted by Gasteiger charge is 2.30. The standard InChI is InChI=1S/C9H10BrF2NO/c10-7-5-6(1-2-8(7)14)9(11,12)3-4-13/h1-2,5,14H,3-4,13H2. The lowest BCUT2D eigenvalue weighted by molar-refractivity contribution is -0.0108. The molecule has 3 N–H and O–H groups in total. The van der Waals surface area contributed by atoms with E-state index >= 15 is 0 Å². The normalized spacial score (nSPS) is 11.7. The van der Waals surface area contributed by atoms with Crippen LogP contribution in [-0.4, -0.2) is 11.7 Å². The van der Waals surface area contributed by atoms with Gasteiger partial charge in [0.25, 0.3) is 5.92 Å². The van der Waals surface area contributed by atoms with Gasteiger partial charge in [0.2, 0.25) is 0 Å². The van der Waals surface area contributed by atoms with Gasteiger partial charge in [-0.1, -0.05) is 0 Å². The minimum Gasteiger partial charge on any atom is -0.507 e. The van der Waals surface area contributed by atoms with Gasteiger partial charge in [-0.25, -0.2) is 8.78 Å². The van der Waals surface area contributed by atoms with E-state index in [1.54, 1.807) is 0 Å². The fourth-order valence-electron chi connectivity index (χ4n) is 1.06. The fourth-order valence-corrected chi connectivity index (χ4v) is 1.44. The van der Waals surface area contributed by atoms with Gasteiger partial charge in [0, 0.05) is 12.0 Å². The minimum absolute atomic E-state index is 0.0581. The van der Waals surface area contributed by atoms with E-state index in [1.807, 2.05) is 0 Å². The Morgan fingerprint density at radius 1 is 1.43 bits per heavy atom. The third-order valence-corrected chi connectivity index (χ3v) is 2.46. The number of hydrogen-bond donors (Lipinski definition) is 2. The van der Waals surface area contributed by atoms with Gasteiger partial charge < -0.3 is 10.8 Å². The van der Waals surface area contributed by atoms with Crippen LogP contribution in [0.25, 0.3) is 0 Å². The van der Waals surface area contributed by atoms with E-state index in [0.29, 0.717) is 0 Å². The number of benzene rings is 1. The molecule has 78 valence electrons.